The zero-order chi connectivity index (χ0) is 39.4. The van der Waals surface area contributed by atoms with E-state index in [4.69, 9.17) is 4.74 Å². The van der Waals surface area contributed by atoms with Crippen LogP contribution in [0.3, 0.4) is 0 Å². The number of rotatable bonds is 7. The number of benzene rings is 9. The Morgan fingerprint density at radius 2 is 0.780 bits per heavy atom. The zero-order valence-corrected chi connectivity index (χ0v) is 33.8. The van der Waals surface area contributed by atoms with Crippen LogP contribution in [0.5, 0.6) is 11.5 Å². The van der Waals surface area contributed by atoms with Gasteiger partial charge in [0.2, 0.25) is 0 Å². The first-order chi connectivity index (χ1) is 29.1. The van der Waals surface area contributed by atoms with E-state index in [-0.39, 0.29) is 0 Å². The van der Waals surface area contributed by atoms with Gasteiger partial charge in [-0.2, -0.15) is 22.1 Å². The van der Waals surface area contributed by atoms with Gasteiger partial charge < -0.3 is 9.64 Å². The molecule has 0 N–H and O–H groups in total. The molecule has 1 heterocycles. The molecule has 0 unspecified atom stereocenters. The van der Waals surface area contributed by atoms with Gasteiger partial charge in [-0.3, -0.25) is 0 Å². The number of ether oxygens (including phenoxy) is 1. The number of anilines is 3. The number of hydrogen-bond donors (Lipinski definition) is 0. The number of para-hydroxylation sites is 2. The lowest BCUT2D eigenvalue weighted by Crippen LogP contribution is -2.64. The number of fused-ring (bicyclic) bond motifs is 9. The van der Waals surface area contributed by atoms with Gasteiger partial charge in [-0.05, 0) is 81.9 Å². The summed E-state index contributed by atoms with van der Waals surface area (Å²) < 4.78 is 6.65. The second kappa shape index (κ2) is 14.0. The lowest BCUT2D eigenvalue weighted by Gasteiger charge is -2.42. The molecular formula is C56H41NOSi-. The fourth-order valence-electron chi connectivity index (χ4n) is 9.85. The molecule has 1 aliphatic carbocycles. The molecule has 0 saturated heterocycles. The van der Waals surface area contributed by atoms with Crippen LogP contribution in [0.25, 0.3) is 22.3 Å². The second-order valence-electron chi connectivity index (χ2n) is 15.8. The first kappa shape index (κ1) is 35.0. The van der Waals surface area contributed by atoms with Crippen molar-refractivity contribution in [3.8, 4) is 33.8 Å². The van der Waals surface area contributed by atoms with Crippen LogP contribution in [-0.2, 0) is 5.41 Å². The van der Waals surface area contributed by atoms with Crippen molar-refractivity contribution >= 4 is 40.7 Å². The van der Waals surface area contributed by atoms with E-state index in [1.165, 1.54) is 48.9 Å². The monoisotopic (exact) mass is 771 g/mol. The molecule has 281 valence electrons. The highest BCUT2D eigenvalue weighted by Crippen LogP contribution is 2.62. The molecule has 9 aromatic rings. The van der Waals surface area contributed by atoms with E-state index >= 15 is 0 Å². The molecule has 0 aromatic heterocycles. The van der Waals surface area contributed by atoms with Gasteiger partial charge in [-0.15, -0.1) is 0 Å². The Kier molecular flexibility index (Phi) is 8.31. The molecule has 0 radical (unpaired) electrons. The quantitative estimate of drug-likeness (QED) is 0.118. The lowest BCUT2D eigenvalue weighted by atomic mass is 9.66. The minimum absolute atomic E-state index is 0.557. The predicted molar refractivity (Wildman–Crippen MR) is 247 cm³/mol. The van der Waals surface area contributed by atoms with Gasteiger partial charge >= 0.3 is 0 Å². The van der Waals surface area contributed by atoms with E-state index in [2.05, 4.69) is 242 Å². The highest BCUT2D eigenvalue weighted by atomic mass is 28.3. The van der Waals surface area contributed by atoms with Crippen molar-refractivity contribution in [2.75, 3.05) is 4.90 Å². The summed E-state index contributed by atoms with van der Waals surface area (Å²) in [5.41, 5.74) is 12.5. The summed E-state index contributed by atoms with van der Waals surface area (Å²) in [5.74, 6) is 1.79. The van der Waals surface area contributed by atoms with Gasteiger partial charge in [-0.25, -0.2) is 0 Å². The Bertz CT molecular complexity index is 2880. The topological polar surface area (TPSA) is 12.5 Å². The molecule has 0 fully saturated rings. The largest absolute Gasteiger partial charge is 0.457 e. The van der Waals surface area contributed by atoms with Crippen molar-refractivity contribution in [2.24, 2.45) is 0 Å². The van der Waals surface area contributed by atoms with Crippen LogP contribution in [0.4, 0.5) is 17.1 Å². The first-order valence-corrected chi connectivity index (χ1v) is 22.9. The maximum atomic E-state index is 6.65. The standard InChI is InChI=1S/C56H41NOSi/c1-59(45-19-7-3-8-20-45,46-21-9-4-10-22-46)47-36-33-43(34-37-47)57(42-31-29-41(30-32-42)40-17-5-2-6-18-40)44-35-38-49-48-23-11-12-24-50(48)56(53(49)39-44)51-25-13-15-27-54(51)58-55-28-16-14-26-52(55)56/h2-39H,1H3/q-1. The Morgan fingerprint density at radius 3 is 1.37 bits per heavy atom. The lowest BCUT2D eigenvalue weighted by molar-refractivity contribution is 0.436. The van der Waals surface area contributed by atoms with Gasteiger partial charge in [0, 0.05) is 28.2 Å². The highest BCUT2D eigenvalue weighted by Gasteiger charge is 2.51. The van der Waals surface area contributed by atoms with Gasteiger partial charge in [0.15, 0.2) is 0 Å². The Morgan fingerprint density at radius 1 is 0.356 bits per heavy atom. The van der Waals surface area contributed by atoms with Crippen LogP contribution in [0.2, 0.25) is 6.55 Å². The normalized spacial score (nSPS) is 13.1. The van der Waals surface area contributed by atoms with Crippen molar-refractivity contribution in [1.29, 1.82) is 0 Å². The van der Waals surface area contributed by atoms with Crippen molar-refractivity contribution in [3.05, 3.63) is 253 Å². The molecule has 0 atom stereocenters. The Hall–Kier alpha value is -7.20. The van der Waals surface area contributed by atoms with Crippen molar-refractivity contribution in [2.45, 2.75) is 12.0 Å². The maximum Gasteiger partial charge on any atom is 0.132 e. The molecule has 1 spiro atoms. The molecule has 1 aliphatic heterocycles. The second-order valence-corrected chi connectivity index (χ2v) is 19.8. The van der Waals surface area contributed by atoms with E-state index < -0.39 is 13.5 Å². The molecule has 11 rings (SSSR count). The van der Waals surface area contributed by atoms with Crippen LogP contribution in [0, 0.1) is 0 Å². The van der Waals surface area contributed by atoms with Crippen LogP contribution < -0.4 is 25.2 Å². The molecule has 2 aliphatic rings. The van der Waals surface area contributed by atoms with Crippen LogP contribution in [0.1, 0.15) is 22.3 Å². The summed E-state index contributed by atoms with van der Waals surface area (Å²) in [5, 5.41) is 4.16. The minimum Gasteiger partial charge on any atom is -0.457 e. The molecule has 59 heavy (non-hydrogen) atoms. The summed E-state index contributed by atoms with van der Waals surface area (Å²) in [6.07, 6.45) is 0. The van der Waals surface area contributed by atoms with Crippen LogP contribution in [0.15, 0.2) is 231 Å². The van der Waals surface area contributed by atoms with Crippen molar-refractivity contribution < 1.29 is 4.74 Å². The van der Waals surface area contributed by atoms with E-state index in [1.807, 2.05) is 0 Å². The smallest absolute Gasteiger partial charge is 0.132 e. The van der Waals surface area contributed by atoms with E-state index in [0.29, 0.717) is 0 Å². The summed E-state index contributed by atoms with van der Waals surface area (Å²) >= 11 is 0. The van der Waals surface area contributed by atoms with E-state index in [0.717, 1.165) is 39.7 Å². The summed E-state index contributed by atoms with van der Waals surface area (Å²) in [7, 11) is -2.31. The van der Waals surface area contributed by atoms with Crippen LogP contribution in [-0.4, -0.2) is 8.07 Å². The molecule has 0 saturated carbocycles. The maximum absolute atomic E-state index is 6.65. The van der Waals surface area contributed by atoms with Gasteiger partial charge in [0.05, 0.1) is 5.41 Å². The van der Waals surface area contributed by atoms with E-state index in [1.54, 1.807) is 0 Å². The summed E-state index contributed by atoms with van der Waals surface area (Å²) in [4.78, 5) is 2.43. The average molecular weight is 772 g/mol. The Balaban J connectivity index is 1.11. The summed E-state index contributed by atoms with van der Waals surface area (Å²) in [6.45, 7) is 2.48. The number of nitrogens with zero attached hydrogens (tertiary/aromatic N) is 1. The molecule has 3 heteroatoms. The minimum atomic E-state index is -2.31. The third-order valence-corrected chi connectivity index (χ3v) is 17.2. The fourth-order valence-corrected chi connectivity index (χ4v) is 13.4. The molecular weight excluding hydrogens is 731 g/mol. The van der Waals surface area contributed by atoms with E-state index in [9.17, 15) is 0 Å². The van der Waals surface area contributed by atoms with Gasteiger partial charge in [-0.1, -0.05) is 190 Å². The SMILES string of the molecule is C[Si-](c1ccccc1)(c1ccccc1)c1ccc(N(c2ccc(-c3ccccc3)cc2)c2ccc3c(c2)C2(c4ccccc4Oc4ccccc42)c2ccccc2-3)cc1. The summed E-state index contributed by atoms with van der Waals surface area (Å²) in [6, 6.07) is 84.4. The van der Waals surface area contributed by atoms with Gasteiger partial charge in [0.1, 0.15) is 11.5 Å². The Labute approximate surface area is 347 Å². The first-order valence-electron chi connectivity index (χ1n) is 20.4. The fraction of sp³-hybridized carbons (Fsp3) is 0.0357. The molecule has 2 nitrogen and oxygen atoms in total. The zero-order valence-electron chi connectivity index (χ0n) is 32.8. The average Bonchev–Trinajstić information content (AvgIpc) is 3.60. The third kappa shape index (κ3) is 5.46. The number of hydrogen-bond acceptors (Lipinski definition) is 2. The van der Waals surface area contributed by atoms with Crippen LogP contribution >= 0.6 is 0 Å². The van der Waals surface area contributed by atoms with Gasteiger partial charge in [0.25, 0.3) is 0 Å². The molecule has 9 aromatic carbocycles. The molecule has 0 amide bonds. The van der Waals surface area contributed by atoms with Crippen molar-refractivity contribution in [3.63, 3.8) is 0 Å². The molecule has 0 bridgehead atoms. The third-order valence-electron chi connectivity index (χ3n) is 12.7. The highest BCUT2D eigenvalue weighted by molar-refractivity contribution is 7.10. The predicted octanol–water partition coefficient (Wildman–Crippen LogP) is 12.4. The van der Waals surface area contributed by atoms with Crippen molar-refractivity contribution in [1.82, 2.24) is 0 Å².